The second-order valence-electron chi connectivity index (χ2n) is 10.6. The average Bonchev–Trinajstić information content (AvgIpc) is 3.39. The van der Waals surface area contributed by atoms with Crippen molar-refractivity contribution in [1.82, 2.24) is 25.4 Å². The molecule has 246 valence electrons. The molecule has 1 aliphatic rings. The van der Waals surface area contributed by atoms with E-state index in [0.717, 1.165) is 16.8 Å². The molecule has 0 bridgehead atoms. The number of ether oxygens (including phenoxy) is 3. The summed E-state index contributed by atoms with van der Waals surface area (Å²) < 4.78 is 18.5. The maximum Gasteiger partial charge on any atom is 0.251 e. The van der Waals surface area contributed by atoms with E-state index in [-0.39, 0.29) is 55.7 Å². The molecule has 4 aromatic rings. The number of hydrogen-bond donors (Lipinski definition) is 4. The van der Waals surface area contributed by atoms with Crippen molar-refractivity contribution in [3.63, 3.8) is 0 Å². The molecule has 13 nitrogen and oxygen atoms in total. The molecule has 0 fully saturated rings. The summed E-state index contributed by atoms with van der Waals surface area (Å²) in [6.07, 6.45) is 0.0406. The molecule has 1 unspecified atom stereocenters. The molecule has 4 N–H and O–H groups in total. The van der Waals surface area contributed by atoms with Gasteiger partial charge in [-0.1, -0.05) is 23.7 Å². The van der Waals surface area contributed by atoms with Gasteiger partial charge in [-0.25, -0.2) is 0 Å². The Morgan fingerprint density at radius 3 is 2.32 bits per heavy atom. The zero-order valence-corrected chi connectivity index (χ0v) is 26.7. The Kier molecular flexibility index (Phi) is 11.0. The SMILES string of the molecule is COc1ccc2c(c1)C(c1ccc(Cl)cc1)=NC(CC(=O)NCCOCCOCCNC(=O)c1ccc(O)c(O)c1)c1nnc(C)n1-2. The van der Waals surface area contributed by atoms with Gasteiger partial charge in [0.15, 0.2) is 17.3 Å². The van der Waals surface area contributed by atoms with Gasteiger partial charge in [-0.2, -0.15) is 0 Å². The minimum atomic E-state index is -0.616. The number of carbonyl (C=O) groups is 2. The van der Waals surface area contributed by atoms with Gasteiger partial charge in [0.2, 0.25) is 5.91 Å². The number of rotatable bonds is 14. The van der Waals surface area contributed by atoms with E-state index in [9.17, 15) is 19.8 Å². The molecule has 47 heavy (non-hydrogen) atoms. The van der Waals surface area contributed by atoms with Gasteiger partial charge in [-0.05, 0) is 55.5 Å². The first-order chi connectivity index (χ1) is 22.7. The summed E-state index contributed by atoms with van der Waals surface area (Å²) >= 11 is 6.17. The molecule has 0 aliphatic carbocycles. The lowest BCUT2D eigenvalue weighted by Gasteiger charge is -2.14. The highest BCUT2D eigenvalue weighted by molar-refractivity contribution is 6.30. The van der Waals surface area contributed by atoms with Crippen molar-refractivity contribution in [2.24, 2.45) is 4.99 Å². The fourth-order valence-electron chi connectivity index (χ4n) is 5.01. The quantitative estimate of drug-likeness (QED) is 0.117. The number of nitrogens with one attached hydrogen (secondary N) is 2. The van der Waals surface area contributed by atoms with Crippen molar-refractivity contribution in [3.8, 4) is 22.9 Å². The van der Waals surface area contributed by atoms with E-state index in [1.807, 2.05) is 41.8 Å². The number of hydrogen-bond acceptors (Lipinski definition) is 10. The zero-order valence-electron chi connectivity index (χ0n) is 25.9. The van der Waals surface area contributed by atoms with Crippen LogP contribution in [-0.4, -0.2) is 89.1 Å². The lowest BCUT2D eigenvalue weighted by atomic mass is 10.00. The van der Waals surface area contributed by atoms with Crippen molar-refractivity contribution in [2.45, 2.75) is 19.4 Å². The van der Waals surface area contributed by atoms with Crippen LogP contribution < -0.4 is 15.4 Å². The minimum Gasteiger partial charge on any atom is -0.504 e. The molecule has 2 heterocycles. The fourth-order valence-corrected chi connectivity index (χ4v) is 5.14. The number of methoxy groups -OCH3 is 1. The number of carbonyl (C=O) groups excluding carboxylic acids is 2. The number of benzene rings is 3. The van der Waals surface area contributed by atoms with Gasteiger partial charge in [0.1, 0.15) is 17.6 Å². The Bertz CT molecular complexity index is 1760. The fraction of sp³-hybridized carbons (Fsp3) is 0.303. The highest BCUT2D eigenvalue weighted by atomic mass is 35.5. The largest absolute Gasteiger partial charge is 0.504 e. The number of phenolic OH excluding ortho intramolecular Hbond substituents is 2. The molecule has 1 aliphatic heterocycles. The summed E-state index contributed by atoms with van der Waals surface area (Å²) in [5, 5.41) is 33.7. The highest BCUT2D eigenvalue weighted by Crippen LogP contribution is 2.34. The van der Waals surface area contributed by atoms with Crippen LogP contribution in [0.15, 0.2) is 65.7 Å². The zero-order chi connectivity index (χ0) is 33.3. The van der Waals surface area contributed by atoms with Crippen LogP contribution in [0.2, 0.25) is 5.02 Å². The Balaban J connectivity index is 1.11. The van der Waals surface area contributed by atoms with Gasteiger partial charge in [0, 0.05) is 34.8 Å². The van der Waals surface area contributed by atoms with Crippen molar-refractivity contribution in [2.75, 3.05) is 46.6 Å². The molecule has 14 heteroatoms. The molecule has 0 saturated heterocycles. The molecule has 5 rings (SSSR count). The van der Waals surface area contributed by atoms with Gasteiger partial charge >= 0.3 is 0 Å². The van der Waals surface area contributed by atoms with E-state index in [0.29, 0.717) is 41.3 Å². The summed E-state index contributed by atoms with van der Waals surface area (Å²) in [6.45, 7) is 3.54. The average molecular weight is 663 g/mol. The lowest BCUT2D eigenvalue weighted by molar-refractivity contribution is -0.121. The van der Waals surface area contributed by atoms with Crippen LogP contribution in [0.25, 0.3) is 5.69 Å². The molecule has 1 aromatic heterocycles. The van der Waals surface area contributed by atoms with E-state index < -0.39 is 11.9 Å². The Hall–Kier alpha value is -4.98. The molecule has 3 aromatic carbocycles. The number of aliphatic imine (C=N–C) groups is 1. The number of aromatic nitrogens is 3. The van der Waals surface area contributed by atoms with Crippen LogP contribution in [0.5, 0.6) is 17.2 Å². The van der Waals surface area contributed by atoms with Crippen molar-refractivity contribution < 1.29 is 34.0 Å². The van der Waals surface area contributed by atoms with E-state index in [1.54, 1.807) is 19.2 Å². The monoisotopic (exact) mass is 662 g/mol. The van der Waals surface area contributed by atoms with Crippen molar-refractivity contribution >= 4 is 29.1 Å². The van der Waals surface area contributed by atoms with E-state index in [4.69, 9.17) is 30.8 Å². The second-order valence-corrected chi connectivity index (χ2v) is 11.0. The van der Waals surface area contributed by atoms with Gasteiger partial charge in [0.05, 0.1) is 51.4 Å². The van der Waals surface area contributed by atoms with Gasteiger partial charge in [-0.15, -0.1) is 10.2 Å². The molecule has 0 spiro atoms. The predicted molar refractivity (Wildman–Crippen MR) is 174 cm³/mol. The number of aromatic hydroxyl groups is 2. The summed E-state index contributed by atoms with van der Waals surface area (Å²) in [4.78, 5) is 30.2. The maximum atomic E-state index is 13.1. The molecular formula is C33H35ClN6O7. The Morgan fingerprint density at radius 2 is 1.62 bits per heavy atom. The Morgan fingerprint density at radius 1 is 0.894 bits per heavy atom. The summed E-state index contributed by atoms with van der Waals surface area (Å²) in [7, 11) is 1.61. The minimum absolute atomic E-state index is 0.0406. The first-order valence-corrected chi connectivity index (χ1v) is 15.3. The summed E-state index contributed by atoms with van der Waals surface area (Å²) in [6, 6.07) is 16.3. The van der Waals surface area contributed by atoms with E-state index >= 15 is 0 Å². The molecule has 2 amide bonds. The summed E-state index contributed by atoms with van der Waals surface area (Å²) in [5.74, 6) is 0.609. The van der Waals surface area contributed by atoms with E-state index in [1.165, 1.54) is 18.2 Å². The normalized spacial score (nSPS) is 13.6. The topological polar surface area (TPSA) is 169 Å². The Labute approximate surface area is 276 Å². The number of nitrogens with zero attached hydrogens (tertiary/aromatic N) is 4. The highest BCUT2D eigenvalue weighted by Gasteiger charge is 2.30. The van der Waals surface area contributed by atoms with Crippen LogP contribution >= 0.6 is 11.6 Å². The number of amides is 2. The molecule has 0 radical (unpaired) electrons. The predicted octanol–water partition coefficient (Wildman–Crippen LogP) is 3.51. The smallest absolute Gasteiger partial charge is 0.251 e. The van der Waals surface area contributed by atoms with Crippen LogP contribution in [-0.2, 0) is 14.3 Å². The first kappa shape index (κ1) is 33.4. The van der Waals surface area contributed by atoms with Crippen molar-refractivity contribution in [1.29, 1.82) is 0 Å². The lowest BCUT2D eigenvalue weighted by Crippen LogP contribution is -2.29. The first-order valence-electron chi connectivity index (χ1n) is 14.9. The van der Waals surface area contributed by atoms with E-state index in [2.05, 4.69) is 20.8 Å². The third-order valence-corrected chi connectivity index (χ3v) is 7.59. The number of phenols is 2. The third kappa shape index (κ3) is 8.25. The van der Waals surface area contributed by atoms with Crippen LogP contribution in [0, 0.1) is 6.92 Å². The van der Waals surface area contributed by atoms with Crippen LogP contribution in [0.1, 0.15) is 45.6 Å². The standard InChI is InChI=1S/C33H35ClN6O7/c1-20-38-39-32-26(37-31(21-3-6-23(34)7-4-21)25-18-24(45-2)8-9-27(25)40(20)32)19-30(43)35-11-13-46-15-16-47-14-12-36-33(44)22-5-10-28(41)29(42)17-22/h3-10,17-18,26,41-42H,11-16,19H2,1-2H3,(H,35,43)(H,36,44). The van der Waals surface area contributed by atoms with Crippen LogP contribution in [0.4, 0.5) is 0 Å². The number of halogens is 1. The third-order valence-electron chi connectivity index (χ3n) is 7.34. The molecule has 0 saturated carbocycles. The van der Waals surface area contributed by atoms with Gasteiger partial charge in [-0.3, -0.25) is 19.1 Å². The second kappa shape index (κ2) is 15.5. The maximum absolute atomic E-state index is 13.1. The summed E-state index contributed by atoms with van der Waals surface area (Å²) in [5.41, 5.74) is 3.38. The molecular weight excluding hydrogens is 628 g/mol. The van der Waals surface area contributed by atoms with Gasteiger partial charge in [0.25, 0.3) is 5.91 Å². The van der Waals surface area contributed by atoms with Gasteiger partial charge < -0.3 is 35.1 Å². The van der Waals surface area contributed by atoms with Crippen LogP contribution in [0.3, 0.4) is 0 Å². The molecule has 1 atom stereocenters. The number of fused-ring (bicyclic) bond motifs is 3. The van der Waals surface area contributed by atoms with Crippen molar-refractivity contribution in [3.05, 3.63) is 94.0 Å². The number of aryl methyl sites for hydroxylation is 1.